The zero-order chi connectivity index (χ0) is 18.5. The van der Waals surface area contributed by atoms with Crippen LogP contribution in [0.2, 0.25) is 0 Å². The smallest absolute Gasteiger partial charge is 0.234 e. The number of hydrogen-bond donors (Lipinski definition) is 2. The van der Waals surface area contributed by atoms with E-state index in [2.05, 4.69) is 15.5 Å². The molecule has 26 heavy (non-hydrogen) atoms. The Balaban J connectivity index is 1.62. The largest absolute Gasteiger partial charge is 0.335 e. The Kier molecular flexibility index (Phi) is 5.79. The van der Waals surface area contributed by atoms with Crippen molar-refractivity contribution in [2.75, 3.05) is 23.2 Å². The molecule has 6 nitrogen and oxygen atoms in total. The molecule has 0 radical (unpaired) electrons. The number of nitrogens with two attached hydrogens (primary N) is 1. The van der Waals surface area contributed by atoms with Gasteiger partial charge in [-0.2, -0.15) is 0 Å². The van der Waals surface area contributed by atoms with Crippen LogP contribution in [0.15, 0.2) is 58.6 Å². The second-order valence-corrected chi connectivity index (χ2v) is 7.07. The average Bonchev–Trinajstić information content (AvgIpc) is 3.01. The molecule has 134 valence electrons. The van der Waals surface area contributed by atoms with Crippen molar-refractivity contribution in [2.24, 2.45) is 0 Å². The topological polar surface area (TPSA) is 85.8 Å². The first-order valence-electron chi connectivity index (χ1n) is 7.60. The van der Waals surface area contributed by atoms with Crippen LogP contribution < -0.4 is 11.2 Å². The maximum atomic E-state index is 13.0. The highest BCUT2D eigenvalue weighted by atomic mass is 32.2. The summed E-state index contributed by atoms with van der Waals surface area (Å²) in [5, 5.41) is 11.2. The molecular formula is C17H16FN5OS2. The number of nitrogens with zero attached hydrogens (tertiary/aromatic N) is 3. The Hall–Kier alpha value is -2.52. The molecule has 9 heteroatoms. The summed E-state index contributed by atoms with van der Waals surface area (Å²) in [6, 6.07) is 13.4. The fraction of sp³-hybridized carbons (Fsp3) is 0.118. The molecule has 0 atom stereocenters. The Bertz CT molecular complexity index is 914. The van der Waals surface area contributed by atoms with Crippen LogP contribution in [-0.4, -0.2) is 32.8 Å². The van der Waals surface area contributed by atoms with Crippen LogP contribution in [0, 0.1) is 5.82 Å². The number of nitrogen functional groups attached to an aromatic ring is 1. The lowest BCUT2D eigenvalue weighted by molar-refractivity contribution is -0.113. The molecule has 1 amide bonds. The van der Waals surface area contributed by atoms with Crippen LogP contribution in [0.1, 0.15) is 0 Å². The molecule has 1 aromatic heterocycles. The molecule has 0 bridgehead atoms. The number of thioether (sulfide) groups is 2. The zero-order valence-electron chi connectivity index (χ0n) is 13.8. The number of carbonyl (C=O) groups excluding carboxylic acids is 1. The molecular weight excluding hydrogens is 373 g/mol. The summed E-state index contributed by atoms with van der Waals surface area (Å²) in [5.41, 5.74) is 1.38. The van der Waals surface area contributed by atoms with Gasteiger partial charge in [0.25, 0.3) is 0 Å². The summed E-state index contributed by atoms with van der Waals surface area (Å²) in [4.78, 5) is 13.2. The number of rotatable bonds is 6. The lowest BCUT2D eigenvalue weighted by Gasteiger charge is -2.06. The molecule has 0 aliphatic rings. The highest BCUT2D eigenvalue weighted by Crippen LogP contribution is 2.23. The highest BCUT2D eigenvalue weighted by Gasteiger charge is 2.14. The Morgan fingerprint density at radius 3 is 2.73 bits per heavy atom. The normalized spacial score (nSPS) is 10.7. The molecule has 0 spiro atoms. The van der Waals surface area contributed by atoms with Gasteiger partial charge in [0.2, 0.25) is 11.1 Å². The SMILES string of the molecule is CSc1cccc(NC(=O)CSc2nnc(-c3ccc(F)cc3)n2N)c1. The Morgan fingerprint density at radius 1 is 1.23 bits per heavy atom. The first-order valence-corrected chi connectivity index (χ1v) is 9.81. The van der Waals surface area contributed by atoms with Crippen molar-refractivity contribution < 1.29 is 9.18 Å². The second kappa shape index (κ2) is 8.24. The summed E-state index contributed by atoms with van der Waals surface area (Å²) < 4.78 is 14.3. The van der Waals surface area contributed by atoms with Gasteiger partial charge in [0.1, 0.15) is 5.82 Å². The van der Waals surface area contributed by atoms with E-state index < -0.39 is 0 Å². The predicted molar refractivity (Wildman–Crippen MR) is 103 cm³/mol. The number of benzene rings is 2. The van der Waals surface area contributed by atoms with Crippen molar-refractivity contribution in [1.29, 1.82) is 0 Å². The molecule has 2 aromatic carbocycles. The van der Waals surface area contributed by atoms with E-state index in [1.165, 1.54) is 28.6 Å². The third-order valence-corrected chi connectivity index (χ3v) is 5.12. The molecule has 0 fully saturated rings. The van der Waals surface area contributed by atoms with Crippen LogP contribution in [0.25, 0.3) is 11.4 Å². The standard InChI is InChI=1S/C17H16FN5OS2/c1-25-14-4-2-3-13(9-14)20-15(24)10-26-17-22-21-16(23(17)19)11-5-7-12(18)8-6-11/h2-9H,10,19H2,1H3,(H,20,24). The number of anilines is 1. The molecule has 3 aromatic rings. The van der Waals surface area contributed by atoms with E-state index in [-0.39, 0.29) is 17.5 Å². The van der Waals surface area contributed by atoms with Gasteiger partial charge < -0.3 is 11.2 Å². The summed E-state index contributed by atoms with van der Waals surface area (Å²) in [7, 11) is 0. The van der Waals surface area contributed by atoms with Crippen LogP contribution in [0.5, 0.6) is 0 Å². The monoisotopic (exact) mass is 389 g/mol. The number of hydrogen-bond acceptors (Lipinski definition) is 6. The van der Waals surface area contributed by atoms with Crippen LogP contribution in [0.4, 0.5) is 10.1 Å². The molecule has 3 rings (SSSR count). The maximum Gasteiger partial charge on any atom is 0.234 e. The van der Waals surface area contributed by atoms with Crippen molar-refractivity contribution in [2.45, 2.75) is 10.1 Å². The lowest BCUT2D eigenvalue weighted by Crippen LogP contribution is -2.16. The number of carbonyl (C=O) groups is 1. The fourth-order valence-corrected chi connectivity index (χ4v) is 3.32. The first-order chi connectivity index (χ1) is 12.6. The zero-order valence-corrected chi connectivity index (χ0v) is 15.5. The van der Waals surface area contributed by atoms with E-state index in [0.717, 1.165) is 10.6 Å². The molecule has 0 aliphatic heterocycles. The molecule has 0 saturated heterocycles. The lowest BCUT2D eigenvalue weighted by atomic mass is 10.2. The van der Waals surface area contributed by atoms with Crippen molar-refractivity contribution >= 4 is 35.1 Å². The summed E-state index contributed by atoms with van der Waals surface area (Å²) >= 11 is 2.78. The van der Waals surface area contributed by atoms with E-state index in [9.17, 15) is 9.18 Å². The summed E-state index contributed by atoms with van der Waals surface area (Å²) in [6.07, 6.45) is 1.98. The highest BCUT2D eigenvalue weighted by molar-refractivity contribution is 7.99. The minimum Gasteiger partial charge on any atom is -0.335 e. The Morgan fingerprint density at radius 2 is 2.00 bits per heavy atom. The minimum atomic E-state index is -0.339. The van der Waals surface area contributed by atoms with Gasteiger partial charge in [-0.15, -0.1) is 22.0 Å². The Labute approximate surface area is 158 Å². The van der Waals surface area contributed by atoms with E-state index in [1.54, 1.807) is 23.9 Å². The van der Waals surface area contributed by atoms with E-state index in [0.29, 0.717) is 16.5 Å². The number of aromatic nitrogens is 3. The number of nitrogens with one attached hydrogen (secondary N) is 1. The number of amides is 1. The summed E-state index contributed by atoms with van der Waals surface area (Å²) in [5.74, 6) is 6.03. The maximum absolute atomic E-state index is 13.0. The van der Waals surface area contributed by atoms with Gasteiger partial charge in [-0.1, -0.05) is 17.8 Å². The molecule has 0 aliphatic carbocycles. The van der Waals surface area contributed by atoms with Crippen LogP contribution in [-0.2, 0) is 4.79 Å². The van der Waals surface area contributed by atoms with E-state index in [1.807, 2.05) is 30.5 Å². The van der Waals surface area contributed by atoms with Gasteiger partial charge in [0.05, 0.1) is 5.75 Å². The van der Waals surface area contributed by atoms with Gasteiger partial charge in [-0.3, -0.25) is 4.79 Å². The van der Waals surface area contributed by atoms with Crippen LogP contribution >= 0.6 is 23.5 Å². The van der Waals surface area contributed by atoms with Crippen LogP contribution in [0.3, 0.4) is 0 Å². The van der Waals surface area contributed by atoms with Gasteiger partial charge >= 0.3 is 0 Å². The van der Waals surface area contributed by atoms with Gasteiger partial charge in [0, 0.05) is 16.1 Å². The van der Waals surface area contributed by atoms with Crippen molar-refractivity contribution in [3.63, 3.8) is 0 Å². The van der Waals surface area contributed by atoms with Crippen molar-refractivity contribution in [1.82, 2.24) is 14.9 Å². The van der Waals surface area contributed by atoms with Crippen molar-refractivity contribution in [3.05, 3.63) is 54.3 Å². The second-order valence-electron chi connectivity index (χ2n) is 5.25. The fourth-order valence-electron chi connectivity index (χ4n) is 2.20. The molecule has 0 saturated carbocycles. The minimum absolute atomic E-state index is 0.141. The average molecular weight is 389 g/mol. The number of halogens is 1. The first kappa shape index (κ1) is 18.3. The predicted octanol–water partition coefficient (Wildman–Crippen LogP) is 3.25. The molecule has 3 N–H and O–H groups in total. The third kappa shape index (κ3) is 4.36. The van der Waals surface area contributed by atoms with E-state index in [4.69, 9.17) is 5.84 Å². The third-order valence-electron chi connectivity index (χ3n) is 3.45. The molecule has 0 unspecified atom stereocenters. The molecule has 1 heterocycles. The van der Waals surface area contributed by atoms with Gasteiger partial charge in [-0.05, 0) is 48.7 Å². The van der Waals surface area contributed by atoms with Crippen molar-refractivity contribution in [3.8, 4) is 11.4 Å². The quantitative estimate of drug-likeness (QED) is 0.497. The van der Waals surface area contributed by atoms with Gasteiger partial charge in [-0.25, -0.2) is 9.07 Å². The summed E-state index contributed by atoms with van der Waals surface area (Å²) in [6.45, 7) is 0. The van der Waals surface area contributed by atoms with E-state index >= 15 is 0 Å². The van der Waals surface area contributed by atoms with Gasteiger partial charge in [0.15, 0.2) is 5.82 Å².